The van der Waals surface area contributed by atoms with Crippen LogP contribution in [-0.2, 0) is 14.8 Å². The van der Waals surface area contributed by atoms with E-state index in [-0.39, 0.29) is 17.1 Å². The van der Waals surface area contributed by atoms with Crippen molar-refractivity contribution in [1.29, 1.82) is 0 Å². The fourth-order valence-electron chi connectivity index (χ4n) is 2.28. The third-order valence-electron chi connectivity index (χ3n) is 3.55. The first-order valence-electron chi connectivity index (χ1n) is 7.60. The molecule has 0 fully saturated rings. The van der Waals surface area contributed by atoms with Gasteiger partial charge >= 0.3 is 0 Å². The van der Waals surface area contributed by atoms with Gasteiger partial charge in [0, 0.05) is 10.5 Å². The first kappa shape index (κ1) is 21.0. The van der Waals surface area contributed by atoms with Crippen molar-refractivity contribution >= 4 is 43.2 Å². The van der Waals surface area contributed by atoms with Gasteiger partial charge in [-0.05, 0) is 30.3 Å². The molecule has 2 rings (SSSR count). The van der Waals surface area contributed by atoms with Crippen molar-refractivity contribution in [3.63, 3.8) is 0 Å². The van der Waals surface area contributed by atoms with Gasteiger partial charge in [-0.1, -0.05) is 15.9 Å². The Morgan fingerprint density at radius 3 is 2.44 bits per heavy atom. The SMILES string of the molecule is COc1ccc(N(CC(=O)Nc2ccc(Br)cc2F)S(C)(=O)=O)c(OC)c1. The first-order valence-corrected chi connectivity index (χ1v) is 10.2. The summed E-state index contributed by atoms with van der Waals surface area (Å²) in [6.07, 6.45) is 0.962. The van der Waals surface area contributed by atoms with Crippen LogP contribution in [0.15, 0.2) is 40.9 Å². The maximum atomic E-state index is 13.9. The Morgan fingerprint density at radius 1 is 1.19 bits per heavy atom. The molecule has 0 aliphatic heterocycles. The van der Waals surface area contributed by atoms with E-state index in [0.29, 0.717) is 10.2 Å². The van der Waals surface area contributed by atoms with E-state index in [2.05, 4.69) is 21.2 Å². The number of anilines is 2. The number of carbonyl (C=O) groups excluding carboxylic acids is 1. The Morgan fingerprint density at radius 2 is 1.89 bits per heavy atom. The Balaban J connectivity index is 2.31. The van der Waals surface area contributed by atoms with Gasteiger partial charge in [-0.15, -0.1) is 0 Å². The second-order valence-corrected chi connectivity index (χ2v) is 8.30. The Kier molecular flexibility index (Phi) is 6.66. The van der Waals surface area contributed by atoms with Gasteiger partial charge in [0.1, 0.15) is 23.9 Å². The number of hydrogen-bond donors (Lipinski definition) is 1. The predicted octanol–water partition coefficient (Wildman–Crippen LogP) is 3.01. The molecule has 2 aromatic carbocycles. The number of carbonyl (C=O) groups is 1. The van der Waals surface area contributed by atoms with Gasteiger partial charge in [-0.2, -0.15) is 0 Å². The molecule has 10 heteroatoms. The van der Waals surface area contributed by atoms with Crippen molar-refractivity contribution in [2.24, 2.45) is 0 Å². The van der Waals surface area contributed by atoms with Gasteiger partial charge in [-0.25, -0.2) is 12.8 Å². The number of nitrogens with zero attached hydrogens (tertiary/aromatic N) is 1. The van der Waals surface area contributed by atoms with Crippen LogP contribution in [0, 0.1) is 5.82 Å². The molecule has 1 amide bonds. The maximum absolute atomic E-state index is 13.9. The van der Waals surface area contributed by atoms with E-state index in [1.165, 1.54) is 38.5 Å². The Bertz CT molecular complexity index is 952. The number of halogens is 2. The van der Waals surface area contributed by atoms with Crippen LogP contribution in [0.25, 0.3) is 0 Å². The fraction of sp³-hybridized carbons (Fsp3) is 0.235. The monoisotopic (exact) mass is 460 g/mol. The summed E-state index contributed by atoms with van der Waals surface area (Å²) in [5, 5.41) is 2.36. The summed E-state index contributed by atoms with van der Waals surface area (Å²) in [7, 11) is -0.992. The van der Waals surface area contributed by atoms with Crippen LogP contribution in [0.2, 0.25) is 0 Å². The number of rotatable bonds is 7. The lowest BCUT2D eigenvalue weighted by Crippen LogP contribution is -2.37. The first-order chi connectivity index (χ1) is 12.7. The molecule has 146 valence electrons. The molecule has 0 heterocycles. The quantitative estimate of drug-likeness (QED) is 0.686. The zero-order chi connectivity index (χ0) is 20.2. The molecule has 0 atom stereocenters. The van der Waals surface area contributed by atoms with Crippen LogP contribution in [0.5, 0.6) is 11.5 Å². The number of ether oxygens (including phenoxy) is 2. The molecule has 27 heavy (non-hydrogen) atoms. The van der Waals surface area contributed by atoms with E-state index in [0.717, 1.165) is 10.6 Å². The third-order valence-corrected chi connectivity index (χ3v) is 5.17. The zero-order valence-corrected chi connectivity index (χ0v) is 17.2. The standard InChI is InChI=1S/C17H18BrFN2O5S/c1-25-12-5-7-15(16(9-12)26-2)21(27(3,23)24)10-17(22)20-14-6-4-11(18)8-13(14)19/h4-9H,10H2,1-3H3,(H,20,22). The predicted molar refractivity (Wildman–Crippen MR) is 104 cm³/mol. The maximum Gasteiger partial charge on any atom is 0.245 e. The third kappa shape index (κ3) is 5.33. The molecule has 0 aliphatic carbocycles. The molecule has 0 aliphatic rings. The molecule has 2 aromatic rings. The molecule has 0 saturated carbocycles. The van der Waals surface area contributed by atoms with Crippen molar-refractivity contribution in [2.45, 2.75) is 0 Å². The molecule has 0 unspecified atom stereocenters. The summed E-state index contributed by atoms with van der Waals surface area (Å²) in [6, 6.07) is 8.63. The smallest absolute Gasteiger partial charge is 0.245 e. The lowest BCUT2D eigenvalue weighted by Gasteiger charge is -2.24. The molecule has 0 radical (unpaired) electrons. The van der Waals surface area contributed by atoms with Gasteiger partial charge < -0.3 is 14.8 Å². The molecule has 0 spiro atoms. The van der Waals surface area contributed by atoms with E-state index >= 15 is 0 Å². The zero-order valence-electron chi connectivity index (χ0n) is 14.8. The summed E-state index contributed by atoms with van der Waals surface area (Å²) in [4.78, 5) is 12.3. The lowest BCUT2D eigenvalue weighted by molar-refractivity contribution is -0.114. The van der Waals surface area contributed by atoms with Crippen LogP contribution in [-0.4, -0.2) is 41.3 Å². The van der Waals surface area contributed by atoms with Crippen molar-refractivity contribution in [1.82, 2.24) is 0 Å². The van der Waals surface area contributed by atoms with E-state index in [1.807, 2.05) is 0 Å². The molecule has 0 aromatic heterocycles. The number of hydrogen-bond acceptors (Lipinski definition) is 5. The topological polar surface area (TPSA) is 84.9 Å². The van der Waals surface area contributed by atoms with Gasteiger partial charge in [0.25, 0.3) is 0 Å². The second-order valence-electron chi connectivity index (χ2n) is 5.48. The van der Waals surface area contributed by atoms with Gasteiger partial charge in [-0.3, -0.25) is 9.10 Å². The van der Waals surface area contributed by atoms with Crippen LogP contribution >= 0.6 is 15.9 Å². The molecule has 0 saturated heterocycles. The molecular weight excluding hydrogens is 443 g/mol. The van der Waals surface area contributed by atoms with Crippen LogP contribution in [0.1, 0.15) is 0 Å². The molecule has 1 N–H and O–H groups in total. The average Bonchev–Trinajstić information content (AvgIpc) is 2.60. The minimum atomic E-state index is -3.82. The Labute approximate surface area is 165 Å². The van der Waals surface area contributed by atoms with Crippen molar-refractivity contribution in [2.75, 3.05) is 36.6 Å². The van der Waals surface area contributed by atoms with Crippen LogP contribution in [0.3, 0.4) is 0 Å². The van der Waals surface area contributed by atoms with E-state index in [4.69, 9.17) is 9.47 Å². The summed E-state index contributed by atoms with van der Waals surface area (Å²) in [6.45, 7) is -0.559. The fourth-order valence-corrected chi connectivity index (χ4v) is 3.48. The number of benzene rings is 2. The summed E-state index contributed by atoms with van der Waals surface area (Å²) in [5.41, 5.74) is 0.102. The van der Waals surface area contributed by atoms with E-state index in [1.54, 1.807) is 12.1 Å². The number of amides is 1. The van der Waals surface area contributed by atoms with E-state index in [9.17, 15) is 17.6 Å². The average molecular weight is 461 g/mol. The highest BCUT2D eigenvalue weighted by molar-refractivity contribution is 9.10. The second kappa shape index (κ2) is 8.57. The van der Waals surface area contributed by atoms with Gasteiger partial charge in [0.2, 0.25) is 15.9 Å². The summed E-state index contributed by atoms with van der Waals surface area (Å²) < 4.78 is 50.0. The highest BCUT2D eigenvalue weighted by atomic mass is 79.9. The number of nitrogens with one attached hydrogen (secondary N) is 1. The minimum Gasteiger partial charge on any atom is -0.497 e. The largest absolute Gasteiger partial charge is 0.497 e. The van der Waals surface area contributed by atoms with Crippen molar-refractivity contribution in [3.8, 4) is 11.5 Å². The molecule has 7 nitrogen and oxygen atoms in total. The van der Waals surface area contributed by atoms with E-state index < -0.39 is 28.3 Å². The normalized spacial score (nSPS) is 11.0. The lowest BCUT2D eigenvalue weighted by atomic mass is 10.2. The van der Waals surface area contributed by atoms with Crippen molar-refractivity contribution < 1.29 is 27.1 Å². The molecule has 0 bridgehead atoms. The highest BCUT2D eigenvalue weighted by Gasteiger charge is 2.24. The van der Waals surface area contributed by atoms with Gasteiger partial charge in [0.05, 0.1) is 31.9 Å². The van der Waals surface area contributed by atoms with Crippen LogP contribution in [0.4, 0.5) is 15.8 Å². The highest BCUT2D eigenvalue weighted by Crippen LogP contribution is 2.33. The number of methoxy groups -OCH3 is 2. The minimum absolute atomic E-state index is 0.0571. The summed E-state index contributed by atoms with van der Waals surface area (Å²) >= 11 is 3.12. The summed E-state index contributed by atoms with van der Waals surface area (Å²) in [5.74, 6) is -0.682. The number of sulfonamides is 1. The van der Waals surface area contributed by atoms with Crippen LogP contribution < -0.4 is 19.1 Å². The van der Waals surface area contributed by atoms with Gasteiger partial charge in [0.15, 0.2) is 0 Å². The van der Waals surface area contributed by atoms with Crippen molar-refractivity contribution in [3.05, 3.63) is 46.7 Å². The Hall–Kier alpha value is -2.33. The molecular formula is C17H18BrFN2O5S.